The molecule has 0 radical (unpaired) electrons. The van der Waals surface area contributed by atoms with E-state index in [4.69, 9.17) is 9.47 Å². The predicted octanol–water partition coefficient (Wildman–Crippen LogP) is 3.13. The van der Waals surface area contributed by atoms with Crippen LogP contribution in [0.5, 0.6) is 11.5 Å². The fourth-order valence-electron chi connectivity index (χ4n) is 3.75. The number of piperidine rings is 1. The van der Waals surface area contributed by atoms with E-state index < -0.39 is 17.7 Å². The Labute approximate surface area is 168 Å². The van der Waals surface area contributed by atoms with Gasteiger partial charge in [0, 0.05) is 24.7 Å². The van der Waals surface area contributed by atoms with Gasteiger partial charge in [-0.1, -0.05) is 18.2 Å². The van der Waals surface area contributed by atoms with Gasteiger partial charge in [0.05, 0.1) is 0 Å². The Kier molecular flexibility index (Phi) is 5.94. The minimum atomic E-state index is -0.647. The number of hydrogen-bond donors (Lipinski definition) is 1. The Morgan fingerprint density at radius 1 is 1.10 bits per heavy atom. The van der Waals surface area contributed by atoms with Gasteiger partial charge in [-0.15, -0.1) is 0 Å². The van der Waals surface area contributed by atoms with E-state index in [1.807, 2.05) is 18.2 Å². The third-order valence-electron chi connectivity index (χ3n) is 5.48. The van der Waals surface area contributed by atoms with E-state index in [-0.39, 0.29) is 12.5 Å². The maximum atomic E-state index is 13.8. The van der Waals surface area contributed by atoms with Gasteiger partial charge in [0.25, 0.3) is 5.91 Å². The summed E-state index contributed by atoms with van der Waals surface area (Å²) in [6.45, 7) is 2.88. The van der Waals surface area contributed by atoms with E-state index in [2.05, 4.69) is 10.2 Å². The smallest absolute Gasteiger partial charge is 0.264 e. The lowest BCUT2D eigenvalue weighted by molar-refractivity contribution is -0.130. The van der Waals surface area contributed by atoms with Crippen LogP contribution in [0.3, 0.4) is 0 Å². The van der Waals surface area contributed by atoms with Gasteiger partial charge in [0.1, 0.15) is 18.2 Å². The molecule has 0 aromatic heterocycles. The molecule has 5 nitrogen and oxygen atoms in total. The number of fused-ring (bicyclic) bond motifs is 1. The topological polar surface area (TPSA) is 50.8 Å². The SMILES string of the molecule is O=C(NCC1CCN(Cc2ccc(F)cc2F)CC1)C1COc2ccccc2O1. The molecule has 1 fully saturated rings. The van der Waals surface area contributed by atoms with E-state index in [1.165, 1.54) is 12.1 Å². The maximum Gasteiger partial charge on any atom is 0.264 e. The van der Waals surface area contributed by atoms with Crippen molar-refractivity contribution in [3.05, 3.63) is 59.7 Å². The Bertz CT molecular complexity index is 869. The lowest BCUT2D eigenvalue weighted by Gasteiger charge is -2.32. The highest BCUT2D eigenvalue weighted by Crippen LogP contribution is 2.31. The number of carbonyl (C=O) groups excluding carboxylic acids is 1. The van der Waals surface area contributed by atoms with Gasteiger partial charge in [-0.05, 0) is 50.0 Å². The third kappa shape index (κ3) is 4.85. The van der Waals surface area contributed by atoms with E-state index in [0.717, 1.165) is 32.0 Å². The molecule has 154 valence electrons. The summed E-state index contributed by atoms with van der Waals surface area (Å²) < 4.78 is 38.2. The molecule has 29 heavy (non-hydrogen) atoms. The number of para-hydroxylation sites is 2. The largest absolute Gasteiger partial charge is 0.485 e. The fourth-order valence-corrected chi connectivity index (χ4v) is 3.75. The summed E-state index contributed by atoms with van der Waals surface area (Å²) in [4.78, 5) is 14.6. The van der Waals surface area contributed by atoms with Crippen LogP contribution in [0.15, 0.2) is 42.5 Å². The zero-order chi connectivity index (χ0) is 20.2. The molecule has 1 atom stereocenters. The van der Waals surface area contributed by atoms with Gasteiger partial charge in [0.2, 0.25) is 6.10 Å². The summed E-state index contributed by atoms with van der Waals surface area (Å²) in [6, 6.07) is 11.0. The molecule has 1 unspecified atom stereocenters. The van der Waals surface area contributed by atoms with Gasteiger partial charge >= 0.3 is 0 Å². The van der Waals surface area contributed by atoms with E-state index >= 15 is 0 Å². The van der Waals surface area contributed by atoms with Crippen LogP contribution in [0.1, 0.15) is 18.4 Å². The van der Waals surface area contributed by atoms with Gasteiger partial charge < -0.3 is 14.8 Å². The minimum absolute atomic E-state index is 0.171. The van der Waals surface area contributed by atoms with E-state index in [9.17, 15) is 13.6 Å². The van der Waals surface area contributed by atoms with Gasteiger partial charge in [-0.2, -0.15) is 0 Å². The molecular formula is C22H24F2N2O3. The highest BCUT2D eigenvalue weighted by atomic mass is 19.1. The summed E-state index contributed by atoms with van der Waals surface area (Å²) in [6.07, 6.45) is 1.17. The number of ether oxygens (including phenoxy) is 2. The van der Waals surface area contributed by atoms with Crippen LogP contribution >= 0.6 is 0 Å². The first-order valence-corrected chi connectivity index (χ1v) is 9.91. The van der Waals surface area contributed by atoms with E-state index in [0.29, 0.717) is 36.1 Å². The van der Waals surface area contributed by atoms with Crippen molar-refractivity contribution in [1.82, 2.24) is 10.2 Å². The van der Waals surface area contributed by atoms with Crippen LogP contribution in [0.2, 0.25) is 0 Å². The molecule has 4 rings (SSSR count). The van der Waals surface area contributed by atoms with Crippen LogP contribution in [-0.2, 0) is 11.3 Å². The maximum absolute atomic E-state index is 13.8. The summed E-state index contributed by atoms with van der Waals surface area (Å²) in [7, 11) is 0. The van der Waals surface area contributed by atoms with Crippen molar-refractivity contribution in [2.24, 2.45) is 5.92 Å². The number of halogens is 2. The summed E-state index contributed by atoms with van der Waals surface area (Å²) in [5, 5.41) is 2.97. The Morgan fingerprint density at radius 3 is 2.62 bits per heavy atom. The van der Waals surface area contributed by atoms with Crippen LogP contribution in [0.25, 0.3) is 0 Å². The predicted molar refractivity (Wildman–Crippen MR) is 104 cm³/mol. The summed E-state index contributed by atoms with van der Waals surface area (Å²) in [5.74, 6) is 0.370. The van der Waals surface area contributed by atoms with Crippen molar-refractivity contribution in [2.45, 2.75) is 25.5 Å². The first kappa shape index (κ1) is 19.6. The number of nitrogens with one attached hydrogen (secondary N) is 1. The highest BCUT2D eigenvalue weighted by Gasteiger charge is 2.28. The molecule has 2 aliphatic heterocycles. The average molecular weight is 402 g/mol. The molecule has 7 heteroatoms. The van der Waals surface area contributed by atoms with Gasteiger partial charge in [0.15, 0.2) is 11.5 Å². The van der Waals surface area contributed by atoms with Crippen molar-refractivity contribution in [2.75, 3.05) is 26.2 Å². The number of carbonyl (C=O) groups is 1. The molecule has 1 saturated heterocycles. The molecule has 1 N–H and O–H groups in total. The molecule has 2 heterocycles. The van der Waals surface area contributed by atoms with Crippen LogP contribution < -0.4 is 14.8 Å². The monoisotopic (exact) mass is 402 g/mol. The summed E-state index contributed by atoms with van der Waals surface area (Å²) in [5.41, 5.74) is 0.507. The first-order valence-electron chi connectivity index (χ1n) is 9.91. The summed E-state index contributed by atoms with van der Waals surface area (Å²) >= 11 is 0. The standard InChI is InChI=1S/C22H24F2N2O3/c23-17-6-5-16(18(24)11-17)13-26-9-7-15(8-10-26)12-25-22(27)21-14-28-19-3-1-2-4-20(19)29-21/h1-6,11,15,21H,7-10,12-14H2,(H,25,27). The molecule has 2 aliphatic rings. The van der Waals surface area contributed by atoms with Crippen molar-refractivity contribution in [3.8, 4) is 11.5 Å². The number of nitrogens with zero attached hydrogens (tertiary/aromatic N) is 1. The molecule has 0 bridgehead atoms. The molecule has 0 aliphatic carbocycles. The third-order valence-corrected chi connectivity index (χ3v) is 5.48. The first-order chi connectivity index (χ1) is 14.1. The average Bonchev–Trinajstić information content (AvgIpc) is 2.74. The van der Waals surface area contributed by atoms with Crippen molar-refractivity contribution < 1.29 is 23.0 Å². The van der Waals surface area contributed by atoms with Crippen molar-refractivity contribution in [3.63, 3.8) is 0 Å². The fraction of sp³-hybridized carbons (Fsp3) is 0.409. The van der Waals surface area contributed by atoms with Gasteiger partial charge in [-0.3, -0.25) is 9.69 Å². The molecule has 0 saturated carbocycles. The number of hydrogen-bond acceptors (Lipinski definition) is 4. The minimum Gasteiger partial charge on any atom is -0.485 e. The van der Waals surface area contributed by atoms with Gasteiger partial charge in [-0.25, -0.2) is 8.78 Å². The van der Waals surface area contributed by atoms with Crippen LogP contribution in [0.4, 0.5) is 8.78 Å². The molecule has 2 aromatic carbocycles. The zero-order valence-electron chi connectivity index (χ0n) is 16.1. The lowest BCUT2D eigenvalue weighted by atomic mass is 9.96. The Balaban J connectivity index is 1.21. The molecule has 1 amide bonds. The highest BCUT2D eigenvalue weighted by molar-refractivity contribution is 5.81. The van der Waals surface area contributed by atoms with E-state index in [1.54, 1.807) is 6.07 Å². The quantitative estimate of drug-likeness (QED) is 0.835. The lowest BCUT2D eigenvalue weighted by Crippen LogP contribution is -2.46. The molecule has 0 spiro atoms. The number of rotatable bonds is 5. The Hall–Kier alpha value is -2.67. The zero-order valence-corrected chi connectivity index (χ0v) is 16.1. The molecular weight excluding hydrogens is 378 g/mol. The number of amides is 1. The molecule has 2 aromatic rings. The van der Waals surface area contributed by atoms with Crippen LogP contribution in [-0.4, -0.2) is 43.2 Å². The Morgan fingerprint density at radius 2 is 1.86 bits per heavy atom. The second kappa shape index (κ2) is 8.78. The van der Waals surface area contributed by atoms with Crippen molar-refractivity contribution >= 4 is 5.91 Å². The number of likely N-dealkylation sites (tertiary alicyclic amines) is 1. The number of benzene rings is 2. The van der Waals surface area contributed by atoms with Crippen LogP contribution in [0, 0.1) is 17.6 Å². The second-order valence-electron chi connectivity index (χ2n) is 7.56. The van der Waals surface area contributed by atoms with Crippen molar-refractivity contribution in [1.29, 1.82) is 0 Å². The normalized spacial score (nSPS) is 19.7. The second-order valence-corrected chi connectivity index (χ2v) is 7.56.